The fourth-order valence-corrected chi connectivity index (χ4v) is 4.35. The molecule has 1 fully saturated rings. The SMILES string of the molecule is Cc1ccc(NC(=O)COc2ccc(Cl)cc2/C=C2\SC(=Nc3ccc(Cl)cc3)NC2=O)cc1Cl. The Labute approximate surface area is 221 Å². The molecule has 10 heteroatoms. The maximum absolute atomic E-state index is 12.5. The number of nitrogens with zero attached hydrogens (tertiary/aromatic N) is 1. The summed E-state index contributed by atoms with van der Waals surface area (Å²) in [6, 6.07) is 17.1. The van der Waals surface area contributed by atoms with Gasteiger partial charge in [0.25, 0.3) is 11.8 Å². The second kappa shape index (κ2) is 11.2. The van der Waals surface area contributed by atoms with Crippen molar-refractivity contribution in [3.8, 4) is 5.75 Å². The molecule has 1 saturated heterocycles. The Morgan fingerprint density at radius 1 is 1.06 bits per heavy atom. The lowest BCUT2D eigenvalue weighted by Crippen LogP contribution is -2.20. The summed E-state index contributed by atoms with van der Waals surface area (Å²) >= 11 is 19.4. The first-order valence-electron chi connectivity index (χ1n) is 10.3. The number of aryl methyl sites for hydroxylation is 1. The molecule has 0 bridgehead atoms. The van der Waals surface area contributed by atoms with E-state index in [-0.39, 0.29) is 18.4 Å². The third-order valence-electron chi connectivity index (χ3n) is 4.78. The average Bonchev–Trinajstić information content (AvgIpc) is 3.15. The number of rotatable bonds is 6. The molecule has 178 valence electrons. The molecule has 1 aliphatic rings. The van der Waals surface area contributed by atoms with E-state index in [1.807, 2.05) is 13.0 Å². The van der Waals surface area contributed by atoms with E-state index in [1.165, 1.54) is 11.8 Å². The van der Waals surface area contributed by atoms with E-state index in [0.717, 1.165) is 5.56 Å². The van der Waals surface area contributed by atoms with E-state index in [4.69, 9.17) is 39.5 Å². The lowest BCUT2D eigenvalue weighted by Gasteiger charge is -2.11. The van der Waals surface area contributed by atoms with Crippen LogP contribution in [0.1, 0.15) is 11.1 Å². The van der Waals surface area contributed by atoms with Gasteiger partial charge in [0.2, 0.25) is 0 Å². The highest BCUT2D eigenvalue weighted by Gasteiger charge is 2.24. The van der Waals surface area contributed by atoms with Gasteiger partial charge in [-0.25, -0.2) is 4.99 Å². The number of hydrogen-bond acceptors (Lipinski definition) is 5. The summed E-state index contributed by atoms with van der Waals surface area (Å²) in [5.41, 5.74) is 2.69. The largest absolute Gasteiger partial charge is 0.483 e. The van der Waals surface area contributed by atoms with Crippen molar-refractivity contribution in [3.63, 3.8) is 0 Å². The maximum atomic E-state index is 12.5. The minimum atomic E-state index is -0.358. The number of benzene rings is 3. The first-order chi connectivity index (χ1) is 16.8. The van der Waals surface area contributed by atoms with Crippen LogP contribution in [0.3, 0.4) is 0 Å². The third-order valence-corrected chi connectivity index (χ3v) is 6.59. The number of aliphatic imine (C=N–C) groups is 1. The number of nitrogens with one attached hydrogen (secondary N) is 2. The Balaban J connectivity index is 1.47. The normalized spacial score (nSPS) is 15.4. The van der Waals surface area contributed by atoms with Gasteiger partial charge in [0.05, 0.1) is 10.6 Å². The van der Waals surface area contributed by atoms with Crippen molar-refractivity contribution in [2.45, 2.75) is 6.92 Å². The summed E-state index contributed by atoms with van der Waals surface area (Å²) in [6.07, 6.45) is 1.64. The Morgan fingerprint density at radius 3 is 2.54 bits per heavy atom. The minimum Gasteiger partial charge on any atom is -0.483 e. The number of halogens is 3. The Bertz CT molecular complexity index is 1360. The molecule has 0 saturated carbocycles. The number of carbonyl (C=O) groups is 2. The number of amides is 2. The standard InChI is InChI=1S/C25H18Cl3N3O3S/c1-14-2-6-19(12-20(14)28)29-23(32)13-34-21-9-5-17(27)10-15(21)11-22-24(33)31-25(35-22)30-18-7-3-16(26)4-8-18/h2-12H,13H2,1H3,(H,29,32)(H,30,31,33)/b22-11-. The first-order valence-corrected chi connectivity index (χ1v) is 12.3. The van der Waals surface area contributed by atoms with Crippen molar-refractivity contribution in [2.24, 2.45) is 4.99 Å². The molecule has 0 aliphatic carbocycles. The highest BCUT2D eigenvalue weighted by molar-refractivity contribution is 8.18. The Morgan fingerprint density at radius 2 is 1.80 bits per heavy atom. The first kappa shape index (κ1) is 25.1. The van der Waals surface area contributed by atoms with Crippen molar-refractivity contribution in [1.82, 2.24) is 5.32 Å². The van der Waals surface area contributed by atoms with E-state index >= 15 is 0 Å². The predicted molar refractivity (Wildman–Crippen MR) is 144 cm³/mol. The molecule has 0 unspecified atom stereocenters. The molecule has 1 aliphatic heterocycles. The van der Waals surface area contributed by atoms with Gasteiger partial charge in [-0.3, -0.25) is 9.59 Å². The molecule has 0 aromatic heterocycles. The van der Waals surface area contributed by atoms with Gasteiger partial charge in [0.15, 0.2) is 11.8 Å². The van der Waals surface area contributed by atoms with E-state index in [1.54, 1.807) is 60.7 Å². The monoisotopic (exact) mass is 545 g/mol. The van der Waals surface area contributed by atoms with Gasteiger partial charge in [-0.1, -0.05) is 40.9 Å². The molecule has 3 aromatic rings. The van der Waals surface area contributed by atoms with Crippen molar-refractivity contribution >= 4 is 81.0 Å². The van der Waals surface area contributed by atoms with Gasteiger partial charge in [-0.2, -0.15) is 0 Å². The van der Waals surface area contributed by atoms with Gasteiger partial charge in [-0.15, -0.1) is 0 Å². The third kappa shape index (κ3) is 6.80. The van der Waals surface area contributed by atoms with Crippen LogP contribution in [-0.2, 0) is 9.59 Å². The quantitative estimate of drug-likeness (QED) is 0.331. The van der Waals surface area contributed by atoms with Gasteiger partial charge in [-0.05, 0) is 84.9 Å². The van der Waals surface area contributed by atoms with Crippen LogP contribution in [0.25, 0.3) is 6.08 Å². The second-order valence-corrected chi connectivity index (χ2v) is 9.75. The van der Waals surface area contributed by atoms with Crippen molar-refractivity contribution in [3.05, 3.63) is 91.8 Å². The molecule has 2 amide bonds. The van der Waals surface area contributed by atoms with Crippen LogP contribution >= 0.6 is 46.6 Å². The molecule has 3 aromatic carbocycles. The summed E-state index contributed by atoms with van der Waals surface area (Å²) in [4.78, 5) is 29.7. The van der Waals surface area contributed by atoms with Crippen molar-refractivity contribution in [2.75, 3.05) is 11.9 Å². The number of amidine groups is 1. The highest BCUT2D eigenvalue weighted by atomic mass is 35.5. The molecular formula is C25H18Cl3N3O3S. The van der Waals surface area contributed by atoms with Gasteiger partial charge < -0.3 is 15.4 Å². The molecule has 1 heterocycles. The van der Waals surface area contributed by atoms with Gasteiger partial charge in [0.1, 0.15) is 5.75 Å². The lowest BCUT2D eigenvalue weighted by atomic mass is 10.2. The summed E-state index contributed by atoms with van der Waals surface area (Å²) < 4.78 is 5.73. The fourth-order valence-electron chi connectivity index (χ4n) is 3.03. The zero-order valence-corrected chi connectivity index (χ0v) is 21.4. The van der Waals surface area contributed by atoms with Crippen molar-refractivity contribution in [1.29, 1.82) is 0 Å². The van der Waals surface area contributed by atoms with Crippen LogP contribution in [0.15, 0.2) is 70.6 Å². The van der Waals surface area contributed by atoms with Crippen LogP contribution in [0.4, 0.5) is 11.4 Å². The molecule has 0 atom stereocenters. The number of ether oxygens (including phenoxy) is 1. The average molecular weight is 547 g/mol. The van der Waals surface area contributed by atoms with E-state index in [9.17, 15) is 9.59 Å². The molecule has 0 spiro atoms. The lowest BCUT2D eigenvalue weighted by molar-refractivity contribution is -0.118. The van der Waals surface area contributed by atoms with E-state index in [2.05, 4.69) is 15.6 Å². The molecule has 2 N–H and O–H groups in total. The van der Waals surface area contributed by atoms with Gasteiger partial charge >= 0.3 is 0 Å². The van der Waals surface area contributed by atoms with Crippen molar-refractivity contribution < 1.29 is 14.3 Å². The fraction of sp³-hybridized carbons (Fsp3) is 0.0800. The zero-order valence-electron chi connectivity index (χ0n) is 18.3. The smallest absolute Gasteiger partial charge is 0.264 e. The van der Waals surface area contributed by atoms with Gasteiger partial charge in [0, 0.05) is 26.3 Å². The van der Waals surface area contributed by atoms with Crippen LogP contribution in [0.2, 0.25) is 15.1 Å². The highest BCUT2D eigenvalue weighted by Crippen LogP contribution is 2.32. The number of carbonyl (C=O) groups excluding carboxylic acids is 2. The number of hydrogen-bond donors (Lipinski definition) is 2. The summed E-state index contributed by atoms with van der Waals surface area (Å²) in [5.74, 6) is -0.262. The van der Waals surface area contributed by atoms with Crippen LogP contribution < -0.4 is 15.4 Å². The van der Waals surface area contributed by atoms with Crippen LogP contribution in [-0.4, -0.2) is 23.6 Å². The zero-order chi connectivity index (χ0) is 24.9. The molecule has 6 nitrogen and oxygen atoms in total. The topological polar surface area (TPSA) is 79.8 Å². The number of thioether (sulfide) groups is 1. The predicted octanol–water partition coefficient (Wildman–Crippen LogP) is 6.86. The minimum absolute atomic E-state index is 0.244. The van der Waals surface area contributed by atoms with E-state index < -0.39 is 0 Å². The maximum Gasteiger partial charge on any atom is 0.264 e. The molecule has 0 radical (unpaired) electrons. The summed E-state index contributed by atoms with van der Waals surface area (Å²) in [5, 5.41) is 7.52. The Hall–Kier alpha value is -2.97. The van der Waals surface area contributed by atoms with Crippen LogP contribution in [0.5, 0.6) is 5.75 Å². The number of anilines is 1. The summed E-state index contributed by atoms with van der Waals surface area (Å²) in [6.45, 7) is 1.63. The molecule has 35 heavy (non-hydrogen) atoms. The Kier molecular flexibility index (Phi) is 8.03. The second-order valence-electron chi connectivity index (χ2n) is 7.44. The molecular weight excluding hydrogens is 529 g/mol. The summed E-state index contributed by atoms with van der Waals surface area (Å²) in [7, 11) is 0. The van der Waals surface area contributed by atoms with Crippen LogP contribution in [0, 0.1) is 6.92 Å². The molecule has 4 rings (SSSR count). The van der Waals surface area contributed by atoms with E-state index in [0.29, 0.717) is 47.8 Å².